The average molecular weight is 1150 g/mol. The highest BCUT2D eigenvalue weighted by Crippen LogP contribution is 2.32. The summed E-state index contributed by atoms with van der Waals surface area (Å²) in [6, 6.07) is 45.2. The van der Waals surface area contributed by atoms with Crippen LogP contribution in [0.25, 0.3) is 43.6 Å². The number of nitrogens with two attached hydrogens (primary N) is 1. The second kappa shape index (κ2) is 30.1. The van der Waals surface area contributed by atoms with E-state index in [1.165, 1.54) is 16.3 Å². The highest BCUT2D eigenvalue weighted by Gasteiger charge is 2.32. The standard InChI is InChI=1S/C35H44N4O4.C30H36N4O2.CH2Cl2/c1-35(2,3)43-34(41)36-29(22-25-16-17-26-11-5-6-12-27(26)21-25)23-32(40)38-18-9-13-28(24-38)33-37-30-14-7-8-15-31(30)39(33)19-10-20-42-4;1-36-17-7-16-34-28-12-5-4-11-27(28)32-30(34)25-10-6-15-33(21-25)29(35)20-26(31)19-22-13-14-23-8-2-3-9-24(23)18-22;2-1-3/h5-8,11-12,14-17,21,28-29H,9-10,13,18-20,22-24H2,1-4H3,(H,36,41);2-5,8-9,11-14,18,25-26H,6-7,10,15-17,19-21,31H2,1H3;1H2/t28-,29-;25-,26-;/m11./s1. The molecule has 0 unspecified atom stereocenters. The molecule has 0 spiro atoms. The predicted molar refractivity (Wildman–Crippen MR) is 332 cm³/mol. The van der Waals surface area contributed by atoms with Crippen LogP contribution in [0, 0.1) is 0 Å². The van der Waals surface area contributed by atoms with Crippen LogP contribution in [0.15, 0.2) is 133 Å². The number of aromatic nitrogens is 4. The van der Waals surface area contributed by atoms with Crippen LogP contribution in [-0.4, -0.2) is 123 Å². The fourth-order valence-electron chi connectivity index (χ4n) is 11.6. The van der Waals surface area contributed by atoms with Crippen molar-refractivity contribution in [2.75, 3.05) is 59.0 Å². The first-order valence-electron chi connectivity index (χ1n) is 29.0. The SMILES string of the molecule is COCCCn1c([C@@H]2CCCN(C(=O)C[C@@H](Cc3ccc4ccccc4c3)NC(=O)OC(C)(C)C)C2)nc2ccccc21.COCCCn1c([C@@H]2CCCN(C(=O)C[C@H](N)Cc3ccc4ccccc4c3)C2)nc2ccccc21.ClCCl. The zero-order chi connectivity index (χ0) is 58.0. The summed E-state index contributed by atoms with van der Waals surface area (Å²) in [5.74, 6) is 2.68. The Morgan fingerprint density at radius 2 is 1.06 bits per heavy atom. The molecule has 0 bridgehead atoms. The monoisotopic (exact) mass is 1150 g/mol. The van der Waals surface area contributed by atoms with E-state index in [1.807, 2.05) is 73.0 Å². The molecule has 3 N–H and O–H groups in total. The fourth-order valence-corrected chi connectivity index (χ4v) is 11.6. The summed E-state index contributed by atoms with van der Waals surface area (Å²) in [6.07, 6.45) is 7.03. The van der Waals surface area contributed by atoms with Gasteiger partial charge < -0.3 is 44.2 Å². The molecule has 2 fully saturated rings. The number of alkyl halides is 2. The number of amides is 3. The molecule has 436 valence electrons. The van der Waals surface area contributed by atoms with E-state index in [0.717, 1.165) is 115 Å². The number of imidazole rings is 2. The molecule has 3 amide bonds. The van der Waals surface area contributed by atoms with Gasteiger partial charge in [0.25, 0.3) is 0 Å². The van der Waals surface area contributed by atoms with Crippen LogP contribution in [0.3, 0.4) is 0 Å². The van der Waals surface area contributed by atoms with Gasteiger partial charge in [0.2, 0.25) is 11.8 Å². The van der Waals surface area contributed by atoms with Gasteiger partial charge >= 0.3 is 6.09 Å². The maximum atomic E-state index is 13.8. The number of aryl methyl sites for hydroxylation is 2. The van der Waals surface area contributed by atoms with Crippen molar-refractivity contribution in [2.45, 2.75) is 128 Å². The molecule has 2 aliphatic heterocycles. The summed E-state index contributed by atoms with van der Waals surface area (Å²) >= 11 is 9.53. The van der Waals surface area contributed by atoms with E-state index in [0.29, 0.717) is 45.5 Å². The second-order valence-electron chi connectivity index (χ2n) is 22.7. The Hall–Kier alpha value is -6.55. The quantitative estimate of drug-likeness (QED) is 0.0594. The fraction of sp³-hybridized carbons (Fsp3) is 0.439. The van der Waals surface area contributed by atoms with Gasteiger partial charge in [0.05, 0.1) is 27.4 Å². The van der Waals surface area contributed by atoms with E-state index < -0.39 is 17.7 Å². The highest BCUT2D eigenvalue weighted by molar-refractivity contribution is 6.40. The third-order valence-electron chi connectivity index (χ3n) is 15.3. The number of nitrogens with zero attached hydrogens (tertiary/aromatic N) is 6. The number of carbonyl (C=O) groups is 3. The molecule has 0 radical (unpaired) electrons. The number of hydrogen-bond donors (Lipinski definition) is 2. The first-order valence-corrected chi connectivity index (χ1v) is 30.1. The van der Waals surface area contributed by atoms with Gasteiger partial charge in [-0.25, -0.2) is 14.8 Å². The molecule has 14 nitrogen and oxygen atoms in total. The zero-order valence-electron chi connectivity index (χ0n) is 48.4. The number of likely N-dealkylation sites (tertiary alicyclic amines) is 2. The van der Waals surface area contributed by atoms with Crippen LogP contribution in [-0.2, 0) is 49.7 Å². The molecule has 4 heterocycles. The first kappa shape index (κ1) is 61.5. The Labute approximate surface area is 493 Å². The molecule has 4 atom stereocenters. The summed E-state index contributed by atoms with van der Waals surface area (Å²) in [6.45, 7) is 11.4. The van der Waals surface area contributed by atoms with Crippen LogP contribution in [0.5, 0.6) is 0 Å². The number of alkyl carbamates (subject to hydrolysis) is 1. The molecule has 2 aromatic heterocycles. The minimum atomic E-state index is -0.629. The number of carbonyl (C=O) groups excluding carboxylic acids is 3. The topological polar surface area (TPSA) is 159 Å². The molecule has 82 heavy (non-hydrogen) atoms. The van der Waals surface area contributed by atoms with Crippen molar-refractivity contribution in [3.05, 3.63) is 156 Å². The van der Waals surface area contributed by atoms with Gasteiger partial charge in [0, 0.05) is 103 Å². The van der Waals surface area contributed by atoms with Crippen LogP contribution < -0.4 is 11.1 Å². The zero-order valence-corrected chi connectivity index (χ0v) is 49.9. The van der Waals surface area contributed by atoms with Gasteiger partial charge in [-0.3, -0.25) is 9.59 Å². The molecule has 6 aromatic carbocycles. The van der Waals surface area contributed by atoms with Crippen molar-refractivity contribution < 1.29 is 28.6 Å². The van der Waals surface area contributed by atoms with Crippen molar-refractivity contribution in [1.82, 2.24) is 34.2 Å². The molecule has 10 rings (SSSR count). The number of hydrogen-bond acceptors (Lipinski definition) is 9. The number of para-hydroxylation sites is 4. The van der Waals surface area contributed by atoms with E-state index in [-0.39, 0.29) is 41.5 Å². The summed E-state index contributed by atoms with van der Waals surface area (Å²) in [4.78, 5) is 53.9. The van der Waals surface area contributed by atoms with Crippen molar-refractivity contribution >= 4 is 84.7 Å². The minimum absolute atomic E-state index is 0.0357. The van der Waals surface area contributed by atoms with E-state index >= 15 is 0 Å². The molecule has 2 aliphatic rings. The van der Waals surface area contributed by atoms with Gasteiger partial charge in [-0.2, -0.15) is 0 Å². The van der Waals surface area contributed by atoms with Crippen molar-refractivity contribution in [3.8, 4) is 0 Å². The maximum Gasteiger partial charge on any atom is 0.407 e. The molecule has 0 saturated carbocycles. The molecule has 2 saturated heterocycles. The molecule has 8 aromatic rings. The number of halogens is 2. The summed E-state index contributed by atoms with van der Waals surface area (Å²) in [5, 5.41) is 7.92. The maximum absolute atomic E-state index is 13.8. The van der Waals surface area contributed by atoms with Crippen molar-refractivity contribution in [1.29, 1.82) is 0 Å². The molecular weight excluding hydrogens is 1070 g/mol. The van der Waals surface area contributed by atoms with Crippen LogP contribution in [0.2, 0.25) is 0 Å². The number of ether oxygens (including phenoxy) is 3. The highest BCUT2D eigenvalue weighted by atomic mass is 35.5. The lowest BCUT2D eigenvalue weighted by molar-refractivity contribution is -0.133. The summed E-state index contributed by atoms with van der Waals surface area (Å²) in [5.41, 5.74) is 12.4. The Kier molecular flexibility index (Phi) is 22.6. The Morgan fingerprint density at radius 3 is 1.54 bits per heavy atom. The number of benzene rings is 6. The smallest absolute Gasteiger partial charge is 0.407 e. The number of piperidine rings is 2. The predicted octanol–water partition coefficient (Wildman–Crippen LogP) is 12.8. The van der Waals surface area contributed by atoms with Gasteiger partial charge in [-0.15, -0.1) is 23.2 Å². The molecule has 16 heteroatoms. The lowest BCUT2D eigenvalue weighted by Gasteiger charge is -2.34. The van der Waals surface area contributed by atoms with E-state index in [9.17, 15) is 14.4 Å². The number of methoxy groups -OCH3 is 2. The van der Waals surface area contributed by atoms with Gasteiger partial charge in [-0.1, -0.05) is 109 Å². The largest absolute Gasteiger partial charge is 0.444 e. The normalized spacial score (nSPS) is 16.3. The van der Waals surface area contributed by atoms with Gasteiger partial charge in [-0.05, 0) is 129 Å². The van der Waals surface area contributed by atoms with Crippen LogP contribution in [0.4, 0.5) is 4.79 Å². The van der Waals surface area contributed by atoms with E-state index in [1.54, 1.807) is 14.2 Å². The third-order valence-corrected chi connectivity index (χ3v) is 15.3. The molecular formula is C66H82Cl2N8O6. The lowest BCUT2D eigenvalue weighted by Crippen LogP contribution is -2.46. The van der Waals surface area contributed by atoms with Gasteiger partial charge in [0.15, 0.2) is 0 Å². The van der Waals surface area contributed by atoms with E-state index in [2.05, 4.69) is 105 Å². The first-order chi connectivity index (χ1) is 39.7. The second-order valence-corrected chi connectivity index (χ2v) is 23.5. The average Bonchev–Trinajstić information content (AvgIpc) is 4.17. The minimum Gasteiger partial charge on any atom is -0.444 e. The Morgan fingerprint density at radius 1 is 0.622 bits per heavy atom. The number of fused-ring (bicyclic) bond motifs is 4. The summed E-state index contributed by atoms with van der Waals surface area (Å²) in [7, 11) is 3.46. The van der Waals surface area contributed by atoms with Crippen LogP contribution in [0.1, 0.15) is 107 Å². The van der Waals surface area contributed by atoms with Crippen molar-refractivity contribution in [2.24, 2.45) is 5.73 Å². The van der Waals surface area contributed by atoms with Gasteiger partial charge in [0.1, 0.15) is 17.2 Å². The Balaban J connectivity index is 0.000000208. The lowest BCUT2D eigenvalue weighted by atomic mass is 9.95. The van der Waals surface area contributed by atoms with Crippen LogP contribution >= 0.6 is 23.2 Å². The summed E-state index contributed by atoms with van der Waals surface area (Å²) < 4.78 is 20.8. The molecule has 0 aliphatic carbocycles. The number of rotatable bonds is 19. The Bertz CT molecular complexity index is 3360. The third kappa shape index (κ3) is 17.0. The van der Waals surface area contributed by atoms with Crippen molar-refractivity contribution in [3.63, 3.8) is 0 Å². The number of nitrogens with one attached hydrogen (secondary N) is 1. The van der Waals surface area contributed by atoms with E-state index in [4.69, 9.17) is 53.1 Å².